The Morgan fingerprint density at radius 2 is 1.84 bits per heavy atom. The van der Waals surface area contributed by atoms with Crippen LogP contribution >= 0.6 is 0 Å². The highest BCUT2D eigenvalue weighted by molar-refractivity contribution is 5.29. The molecule has 1 aromatic carbocycles. The van der Waals surface area contributed by atoms with Crippen molar-refractivity contribution in [3.05, 3.63) is 29.8 Å². The Labute approximate surface area is 117 Å². The van der Waals surface area contributed by atoms with Gasteiger partial charge < -0.3 is 9.64 Å². The highest BCUT2D eigenvalue weighted by atomic mass is 16.5. The molecule has 2 heteroatoms. The summed E-state index contributed by atoms with van der Waals surface area (Å²) in [6.45, 7) is 9.08. The number of ether oxygens (including phenoxy) is 1. The van der Waals surface area contributed by atoms with Crippen molar-refractivity contribution in [2.24, 2.45) is 0 Å². The first-order valence-corrected chi connectivity index (χ1v) is 7.74. The van der Waals surface area contributed by atoms with E-state index in [0.29, 0.717) is 5.92 Å². The quantitative estimate of drug-likeness (QED) is 0.686. The third kappa shape index (κ3) is 4.54. The van der Waals surface area contributed by atoms with Crippen LogP contribution in [0.25, 0.3) is 0 Å². The molecule has 1 aromatic rings. The van der Waals surface area contributed by atoms with Gasteiger partial charge >= 0.3 is 0 Å². The van der Waals surface area contributed by atoms with E-state index in [2.05, 4.69) is 43.0 Å². The number of benzene rings is 1. The zero-order chi connectivity index (χ0) is 13.5. The molecule has 0 radical (unpaired) electrons. The fourth-order valence-electron chi connectivity index (χ4n) is 2.61. The van der Waals surface area contributed by atoms with E-state index in [1.807, 2.05) is 0 Å². The summed E-state index contributed by atoms with van der Waals surface area (Å²) < 4.78 is 5.81. The monoisotopic (exact) mass is 261 g/mol. The largest absolute Gasteiger partial charge is 0.494 e. The molecule has 19 heavy (non-hydrogen) atoms. The normalized spacial score (nSPS) is 17.6. The van der Waals surface area contributed by atoms with Crippen molar-refractivity contribution in [1.29, 1.82) is 0 Å². The summed E-state index contributed by atoms with van der Waals surface area (Å²) in [6, 6.07) is 8.61. The molecule has 106 valence electrons. The van der Waals surface area contributed by atoms with Crippen LogP contribution in [0.5, 0.6) is 5.75 Å². The van der Waals surface area contributed by atoms with E-state index in [-0.39, 0.29) is 0 Å². The van der Waals surface area contributed by atoms with Crippen LogP contribution in [0.4, 0.5) is 0 Å². The summed E-state index contributed by atoms with van der Waals surface area (Å²) in [5.41, 5.74) is 1.41. The Morgan fingerprint density at radius 3 is 2.47 bits per heavy atom. The van der Waals surface area contributed by atoms with Gasteiger partial charge in [0.15, 0.2) is 0 Å². The second-order valence-corrected chi connectivity index (χ2v) is 5.63. The molecule has 1 atom stereocenters. The minimum Gasteiger partial charge on any atom is -0.494 e. The van der Waals surface area contributed by atoms with Gasteiger partial charge in [-0.25, -0.2) is 0 Å². The maximum absolute atomic E-state index is 5.81. The topological polar surface area (TPSA) is 12.5 Å². The van der Waals surface area contributed by atoms with Crippen LogP contribution in [-0.4, -0.2) is 31.1 Å². The van der Waals surface area contributed by atoms with Crippen molar-refractivity contribution in [1.82, 2.24) is 4.90 Å². The molecular weight excluding hydrogens is 234 g/mol. The van der Waals surface area contributed by atoms with Crippen LogP contribution in [-0.2, 0) is 0 Å². The Balaban J connectivity index is 1.67. The lowest BCUT2D eigenvalue weighted by atomic mass is 9.99. The van der Waals surface area contributed by atoms with Gasteiger partial charge in [0.25, 0.3) is 0 Å². The molecule has 0 amide bonds. The molecular formula is C17H27NO. The van der Waals surface area contributed by atoms with Crippen LogP contribution < -0.4 is 4.74 Å². The minimum atomic E-state index is 0.643. The van der Waals surface area contributed by atoms with E-state index in [4.69, 9.17) is 4.74 Å². The van der Waals surface area contributed by atoms with Crippen LogP contribution in [0.1, 0.15) is 51.0 Å². The summed E-state index contributed by atoms with van der Waals surface area (Å²) in [4.78, 5) is 2.54. The van der Waals surface area contributed by atoms with Gasteiger partial charge in [0, 0.05) is 6.54 Å². The van der Waals surface area contributed by atoms with Gasteiger partial charge in [0.1, 0.15) is 5.75 Å². The molecule has 1 saturated heterocycles. The van der Waals surface area contributed by atoms with Crippen molar-refractivity contribution >= 4 is 0 Å². The maximum atomic E-state index is 5.81. The second-order valence-electron chi connectivity index (χ2n) is 5.63. The average molecular weight is 261 g/mol. The molecule has 0 saturated carbocycles. The van der Waals surface area contributed by atoms with Crippen molar-refractivity contribution in [3.63, 3.8) is 0 Å². The number of rotatable bonds is 7. The number of likely N-dealkylation sites (tertiary alicyclic amines) is 1. The van der Waals surface area contributed by atoms with Crippen LogP contribution in [0.3, 0.4) is 0 Å². The van der Waals surface area contributed by atoms with E-state index < -0.39 is 0 Å². The Kier molecular flexibility index (Phi) is 5.71. The van der Waals surface area contributed by atoms with Crippen molar-refractivity contribution in [2.45, 2.75) is 45.4 Å². The highest BCUT2D eigenvalue weighted by Gasteiger charge is 2.10. The minimum absolute atomic E-state index is 0.643. The lowest BCUT2D eigenvalue weighted by Crippen LogP contribution is -2.21. The van der Waals surface area contributed by atoms with Crippen molar-refractivity contribution < 1.29 is 4.74 Å². The number of nitrogens with zero attached hydrogens (tertiary/aromatic N) is 1. The standard InChI is InChI=1S/C17H27NO/c1-3-15(2)16-7-9-17(10-8-16)19-14-6-13-18-11-4-5-12-18/h7-10,15H,3-6,11-14H2,1-2H3. The molecule has 1 heterocycles. The van der Waals surface area contributed by atoms with E-state index in [0.717, 1.165) is 18.8 Å². The Morgan fingerprint density at radius 1 is 1.16 bits per heavy atom. The summed E-state index contributed by atoms with van der Waals surface area (Å²) in [6.07, 6.45) is 5.07. The molecule has 0 N–H and O–H groups in total. The molecule has 1 unspecified atom stereocenters. The van der Waals surface area contributed by atoms with Gasteiger partial charge in [-0.05, 0) is 62.4 Å². The first kappa shape index (κ1) is 14.4. The molecule has 0 bridgehead atoms. The van der Waals surface area contributed by atoms with Crippen molar-refractivity contribution in [3.8, 4) is 5.75 Å². The maximum Gasteiger partial charge on any atom is 0.119 e. The van der Waals surface area contributed by atoms with Gasteiger partial charge in [-0.1, -0.05) is 26.0 Å². The fourth-order valence-corrected chi connectivity index (χ4v) is 2.61. The first-order chi connectivity index (χ1) is 9.29. The van der Waals surface area contributed by atoms with Gasteiger partial charge in [-0.15, -0.1) is 0 Å². The predicted molar refractivity (Wildman–Crippen MR) is 80.9 cm³/mol. The van der Waals surface area contributed by atoms with Crippen LogP contribution in [0.2, 0.25) is 0 Å². The highest BCUT2D eigenvalue weighted by Crippen LogP contribution is 2.21. The van der Waals surface area contributed by atoms with E-state index in [1.54, 1.807) is 0 Å². The molecule has 2 rings (SSSR count). The van der Waals surface area contributed by atoms with Crippen LogP contribution in [0.15, 0.2) is 24.3 Å². The summed E-state index contributed by atoms with van der Waals surface area (Å²) >= 11 is 0. The van der Waals surface area contributed by atoms with Gasteiger partial charge in [-0.3, -0.25) is 0 Å². The smallest absolute Gasteiger partial charge is 0.119 e. The fraction of sp³-hybridized carbons (Fsp3) is 0.647. The van der Waals surface area contributed by atoms with Gasteiger partial charge in [-0.2, -0.15) is 0 Å². The van der Waals surface area contributed by atoms with E-state index in [1.165, 1.54) is 44.5 Å². The van der Waals surface area contributed by atoms with Crippen LogP contribution in [0, 0.1) is 0 Å². The van der Waals surface area contributed by atoms with Crippen molar-refractivity contribution in [2.75, 3.05) is 26.2 Å². The SMILES string of the molecule is CCC(C)c1ccc(OCCCN2CCCC2)cc1. The molecule has 0 aromatic heterocycles. The van der Waals surface area contributed by atoms with E-state index >= 15 is 0 Å². The predicted octanol–water partition coefficient (Wildman–Crippen LogP) is 4.06. The molecule has 2 nitrogen and oxygen atoms in total. The lowest BCUT2D eigenvalue weighted by molar-refractivity contribution is 0.263. The molecule has 1 fully saturated rings. The number of hydrogen-bond acceptors (Lipinski definition) is 2. The summed E-state index contributed by atoms with van der Waals surface area (Å²) in [5.74, 6) is 1.65. The first-order valence-electron chi connectivity index (χ1n) is 7.74. The van der Waals surface area contributed by atoms with E-state index in [9.17, 15) is 0 Å². The molecule has 1 aliphatic rings. The summed E-state index contributed by atoms with van der Waals surface area (Å²) in [5, 5.41) is 0. The number of hydrogen-bond donors (Lipinski definition) is 0. The van der Waals surface area contributed by atoms with Gasteiger partial charge in [0.2, 0.25) is 0 Å². The lowest BCUT2D eigenvalue weighted by Gasteiger charge is -2.15. The van der Waals surface area contributed by atoms with Gasteiger partial charge in [0.05, 0.1) is 6.61 Å². The molecule has 0 spiro atoms. The zero-order valence-corrected chi connectivity index (χ0v) is 12.4. The second kappa shape index (κ2) is 7.54. The summed E-state index contributed by atoms with van der Waals surface area (Å²) in [7, 11) is 0. The zero-order valence-electron chi connectivity index (χ0n) is 12.4. The average Bonchev–Trinajstić information content (AvgIpc) is 2.96. The molecule has 1 aliphatic heterocycles. The third-order valence-electron chi connectivity index (χ3n) is 4.15. The Bertz CT molecular complexity index is 354. The molecule has 0 aliphatic carbocycles. The third-order valence-corrected chi connectivity index (χ3v) is 4.15. The Hall–Kier alpha value is -1.02.